The van der Waals surface area contributed by atoms with Crippen molar-refractivity contribution in [1.82, 2.24) is 10.6 Å². The average molecular weight is 521 g/mol. The van der Waals surface area contributed by atoms with E-state index in [0.717, 1.165) is 26.0 Å². The van der Waals surface area contributed by atoms with Crippen LogP contribution in [0.15, 0.2) is 29.3 Å². The van der Waals surface area contributed by atoms with E-state index >= 15 is 0 Å². The highest BCUT2D eigenvalue weighted by atomic mass is 127. The molecule has 0 amide bonds. The Morgan fingerprint density at radius 1 is 1.25 bits per heavy atom. The minimum atomic E-state index is -2.91. The molecule has 2 saturated heterocycles. The Kier molecular flexibility index (Phi) is 9.01. The summed E-state index contributed by atoms with van der Waals surface area (Å²) in [5, 5.41) is 6.53. The highest BCUT2D eigenvalue weighted by molar-refractivity contribution is 14.0. The first kappa shape index (κ1) is 23.4. The lowest BCUT2D eigenvalue weighted by atomic mass is 9.89. The number of hydrogen-bond acceptors (Lipinski definition) is 4. The SMILES string of the molecule is CCNC(=NCC1CCCOC1c1ccc(C)cc1)NC1CCS(=O)(=O)C1.I. The molecular weight excluding hydrogens is 489 g/mol. The van der Waals surface area contributed by atoms with E-state index < -0.39 is 9.84 Å². The maximum absolute atomic E-state index is 11.7. The van der Waals surface area contributed by atoms with Crippen LogP contribution in [0.25, 0.3) is 0 Å². The number of nitrogens with zero attached hydrogens (tertiary/aromatic N) is 1. The molecule has 0 radical (unpaired) electrons. The lowest BCUT2D eigenvalue weighted by Gasteiger charge is -2.31. The Balaban J connectivity index is 0.00000280. The van der Waals surface area contributed by atoms with E-state index in [0.29, 0.717) is 24.8 Å². The van der Waals surface area contributed by atoms with Gasteiger partial charge in [-0.25, -0.2) is 8.42 Å². The van der Waals surface area contributed by atoms with Crippen LogP contribution in [-0.4, -0.2) is 51.6 Å². The smallest absolute Gasteiger partial charge is 0.191 e. The lowest BCUT2D eigenvalue weighted by Crippen LogP contribution is -2.44. The van der Waals surface area contributed by atoms with E-state index in [1.165, 1.54) is 11.1 Å². The molecule has 0 saturated carbocycles. The zero-order valence-electron chi connectivity index (χ0n) is 16.7. The topological polar surface area (TPSA) is 79.8 Å². The molecule has 3 atom stereocenters. The molecule has 1 aromatic carbocycles. The van der Waals surface area contributed by atoms with Gasteiger partial charge >= 0.3 is 0 Å². The fourth-order valence-electron chi connectivity index (χ4n) is 3.79. The Hall–Kier alpha value is -0.870. The number of aliphatic imine (C=N–C) groups is 1. The molecule has 3 unspecified atom stereocenters. The van der Waals surface area contributed by atoms with Crippen molar-refractivity contribution in [3.05, 3.63) is 35.4 Å². The number of aryl methyl sites for hydroxylation is 1. The second-order valence-electron chi connectivity index (χ2n) is 7.57. The summed E-state index contributed by atoms with van der Waals surface area (Å²) in [5.41, 5.74) is 2.45. The molecular formula is C20H32IN3O3S. The highest BCUT2D eigenvalue weighted by Crippen LogP contribution is 2.34. The number of hydrogen-bond donors (Lipinski definition) is 2. The third-order valence-electron chi connectivity index (χ3n) is 5.25. The summed E-state index contributed by atoms with van der Waals surface area (Å²) in [5.74, 6) is 1.48. The highest BCUT2D eigenvalue weighted by Gasteiger charge is 2.29. The van der Waals surface area contributed by atoms with Crippen LogP contribution < -0.4 is 10.6 Å². The van der Waals surface area contributed by atoms with Crippen molar-refractivity contribution in [2.75, 3.05) is 31.2 Å². The third-order valence-corrected chi connectivity index (χ3v) is 7.02. The van der Waals surface area contributed by atoms with Gasteiger partial charge in [0.1, 0.15) is 0 Å². The van der Waals surface area contributed by atoms with Crippen LogP contribution in [0.1, 0.15) is 43.4 Å². The molecule has 2 N–H and O–H groups in total. The third kappa shape index (κ3) is 6.59. The molecule has 2 aliphatic heterocycles. The predicted molar refractivity (Wildman–Crippen MR) is 124 cm³/mol. The van der Waals surface area contributed by atoms with E-state index in [1.54, 1.807) is 0 Å². The van der Waals surface area contributed by atoms with Gasteiger partial charge in [0.05, 0.1) is 17.6 Å². The molecule has 0 spiro atoms. The zero-order chi connectivity index (χ0) is 19.3. The molecule has 2 heterocycles. The van der Waals surface area contributed by atoms with E-state index in [9.17, 15) is 8.42 Å². The van der Waals surface area contributed by atoms with E-state index in [-0.39, 0.29) is 47.6 Å². The summed E-state index contributed by atoms with van der Waals surface area (Å²) in [7, 11) is -2.91. The number of sulfone groups is 1. The van der Waals surface area contributed by atoms with Crippen molar-refractivity contribution in [1.29, 1.82) is 0 Å². The summed E-state index contributed by atoms with van der Waals surface area (Å²) < 4.78 is 29.5. The van der Waals surface area contributed by atoms with Crippen molar-refractivity contribution < 1.29 is 13.2 Å². The van der Waals surface area contributed by atoms with Gasteiger partial charge in [-0.15, -0.1) is 24.0 Å². The van der Waals surface area contributed by atoms with Gasteiger partial charge in [-0.2, -0.15) is 0 Å². The minimum absolute atomic E-state index is 0. The first-order valence-corrected chi connectivity index (χ1v) is 11.7. The number of guanidine groups is 1. The molecule has 3 rings (SSSR count). The molecule has 28 heavy (non-hydrogen) atoms. The van der Waals surface area contributed by atoms with Gasteiger partial charge in [-0.05, 0) is 38.7 Å². The second-order valence-corrected chi connectivity index (χ2v) is 9.80. The van der Waals surface area contributed by atoms with E-state index in [2.05, 4.69) is 41.8 Å². The van der Waals surface area contributed by atoms with Gasteiger partial charge in [-0.3, -0.25) is 4.99 Å². The second kappa shape index (κ2) is 10.8. The molecule has 0 aromatic heterocycles. The Bertz CT molecular complexity index is 752. The van der Waals surface area contributed by atoms with E-state index in [4.69, 9.17) is 9.73 Å². The summed E-state index contributed by atoms with van der Waals surface area (Å²) in [6, 6.07) is 8.49. The maximum Gasteiger partial charge on any atom is 0.191 e. The van der Waals surface area contributed by atoms with Crippen LogP contribution in [0.3, 0.4) is 0 Å². The van der Waals surface area contributed by atoms with Crippen molar-refractivity contribution in [2.24, 2.45) is 10.9 Å². The largest absolute Gasteiger partial charge is 0.373 e. The van der Waals surface area contributed by atoms with Gasteiger partial charge in [0.2, 0.25) is 0 Å². The number of halogens is 1. The van der Waals surface area contributed by atoms with Gasteiger partial charge in [-0.1, -0.05) is 29.8 Å². The molecule has 8 heteroatoms. The zero-order valence-corrected chi connectivity index (χ0v) is 19.8. The predicted octanol–water partition coefficient (Wildman–Crippen LogP) is 2.82. The summed E-state index contributed by atoms with van der Waals surface area (Å²) >= 11 is 0. The summed E-state index contributed by atoms with van der Waals surface area (Å²) in [6.45, 7) is 6.30. The normalized spacial score (nSPS) is 27.1. The molecule has 158 valence electrons. The van der Waals surface area contributed by atoms with Gasteiger partial charge in [0.15, 0.2) is 15.8 Å². The van der Waals surface area contributed by atoms with Crippen LogP contribution in [0.5, 0.6) is 0 Å². The Labute approximate surface area is 185 Å². The molecule has 6 nitrogen and oxygen atoms in total. The quantitative estimate of drug-likeness (QED) is 0.354. The molecule has 1 aromatic rings. The van der Waals surface area contributed by atoms with E-state index in [1.807, 2.05) is 6.92 Å². The summed E-state index contributed by atoms with van der Waals surface area (Å²) in [6.07, 6.45) is 2.84. The van der Waals surface area contributed by atoms with Crippen molar-refractivity contribution >= 4 is 39.8 Å². The van der Waals surface area contributed by atoms with Crippen molar-refractivity contribution in [3.63, 3.8) is 0 Å². The molecule has 0 bridgehead atoms. The number of benzene rings is 1. The Morgan fingerprint density at radius 3 is 2.64 bits per heavy atom. The fourth-order valence-corrected chi connectivity index (χ4v) is 5.46. The average Bonchev–Trinajstić information content (AvgIpc) is 2.99. The number of ether oxygens (including phenoxy) is 1. The number of rotatable bonds is 5. The van der Waals surface area contributed by atoms with Crippen LogP contribution in [-0.2, 0) is 14.6 Å². The first-order chi connectivity index (χ1) is 13.0. The molecule has 2 fully saturated rings. The van der Waals surface area contributed by atoms with Gasteiger partial charge in [0.25, 0.3) is 0 Å². The molecule has 2 aliphatic rings. The number of nitrogens with one attached hydrogen (secondary N) is 2. The van der Waals surface area contributed by atoms with Gasteiger partial charge < -0.3 is 15.4 Å². The first-order valence-electron chi connectivity index (χ1n) is 9.90. The van der Waals surface area contributed by atoms with Gasteiger partial charge in [0, 0.05) is 31.7 Å². The lowest BCUT2D eigenvalue weighted by molar-refractivity contribution is -0.0250. The molecule has 0 aliphatic carbocycles. The van der Waals surface area contributed by atoms with Crippen LogP contribution in [0.2, 0.25) is 0 Å². The fraction of sp³-hybridized carbons (Fsp3) is 0.650. The standard InChI is InChI=1S/C20H31N3O3S.HI/c1-3-21-20(23-18-10-12-27(24,25)14-18)22-13-17-5-4-11-26-19(17)16-8-6-15(2)7-9-16;/h6-9,17-19H,3-5,10-14H2,1-2H3,(H2,21,22,23);1H. The monoisotopic (exact) mass is 521 g/mol. The van der Waals surface area contributed by atoms with Crippen molar-refractivity contribution in [2.45, 2.75) is 45.3 Å². The van der Waals surface area contributed by atoms with Crippen LogP contribution in [0, 0.1) is 12.8 Å². The van der Waals surface area contributed by atoms with Crippen LogP contribution >= 0.6 is 24.0 Å². The summed E-state index contributed by atoms with van der Waals surface area (Å²) in [4.78, 5) is 4.76. The van der Waals surface area contributed by atoms with Crippen molar-refractivity contribution in [3.8, 4) is 0 Å². The van der Waals surface area contributed by atoms with Crippen LogP contribution in [0.4, 0.5) is 0 Å². The minimum Gasteiger partial charge on any atom is -0.373 e. The Morgan fingerprint density at radius 2 is 2.00 bits per heavy atom. The maximum atomic E-state index is 11.7.